The van der Waals surface area contributed by atoms with E-state index in [0.29, 0.717) is 4.90 Å². The summed E-state index contributed by atoms with van der Waals surface area (Å²) in [4.78, 5) is 0.298. The predicted molar refractivity (Wildman–Crippen MR) is 73.9 cm³/mol. The Morgan fingerprint density at radius 2 is 1.83 bits per heavy atom. The van der Waals surface area contributed by atoms with Gasteiger partial charge in [-0.1, -0.05) is 0 Å². The van der Waals surface area contributed by atoms with Gasteiger partial charge in [0, 0.05) is 32.7 Å². The first kappa shape index (κ1) is 14.6. The van der Waals surface area contributed by atoms with E-state index in [1.54, 1.807) is 31.2 Å². The third kappa shape index (κ3) is 3.76. The molecule has 0 unspecified atom stereocenters. The van der Waals surface area contributed by atoms with Crippen LogP contribution in [0.4, 0.5) is 5.69 Å². The summed E-state index contributed by atoms with van der Waals surface area (Å²) in [6.45, 7) is 2.56. The van der Waals surface area contributed by atoms with Gasteiger partial charge >= 0.3 is 0 Å². The summed E-state index contributed by atoms with van der Waals surface area (Å²) in [7, 11) is -0.302. The lowest BCUT2D eigenvalue weighted by atomic mass is 10.3. The molecule has 0 bridgehead atoms. The molecule has 0 amide bonds. The Morgan fingerprint density at radius 1 is 1.22 bits per heavy atom. The van der Waals surface area contributed by atoms with Gasteiger partial charge in [-0.15, -0.1) is 11.8 Å². The molecule has 0 atom stereocenters. The van der Waals surface area contributed by atoms with Crippen molar-refractivity contribution >= 4 is 15.7 Å². The third-order valence-electron chi connectivity index (χ3n) is 2.39. The van der Waals surface area contributed by atoms with Gasteiger partial charge in [-0.05, 0) is 31.2 Å². The Hall–Kier alpha value is -1.51. The number of sulfonamides is 1. The van der Waals surface area contributed by atoms with Crippen molar-refractivity contribution in [3.8, 4) is 11.8 Å². The maximum atomic E-state index is 11.8. The first-order chi connectivity index (χ1) is 8.48. The van der Waals surface area contributed by atoms with Crippen LogP contribution in [0.3, 0.4) is 0 Å². The SMILES string of the molecule is CC#CCCNc1ccc(S(=O)(=O)N(C)C)cc1. The Morgan fingerprint density at radius 3 is 2.33 bits per heavy atom. The molecular formula is C13H18N2O2S. The molecule has 0 radical (unpaired) electrons. The zero-order chi connectivity index (χ0) is 13.6. The minimum absolute atomic E-state index is 0.298. The van der Waals surface area contributed by atoms with E-state index in [-0.39, 0.29) is 0 Å². The fourth-order valence-corrected chi connectivity index (χ4v) is 2.25. The molecule has 1 aromatic rings. The van der Waals surface area contributed by atoms with Crippen LogP contribution in [0.5, 0.6) is 0 Å². The second-order valence-electron chi connectivity index (χ2n) is 3.92. The highest BCUT2D eigenvalue weighted by Crippen LogP contribution is 2.16. The van der Waals surface area contributed by atoms with E-state index in [1.807, 2.05) is 0 Å². The van der Waals surface area contributed by atoms with Gasteiger partial charge in [0.25, 0.3) is 0 Å². The number of benzene rings is 1. The summed E-state index contributed by atoms with van der Waals surface area (Å²) in [6, 6.07) is 6.72. The summed E-state index contributed by atoms with van der Waals surface area (Å²) in [5.41, 5.74) is 0.894. The second-order valence-corrected chi connectivity index (χ2v) is 6.07. The van der Waals surface area contributed by atoms with Crippen molar-refractivity contribution in [3.63, 3.8) is 0 Å². The molecule has 0 saturated carbocycles. The molecule has 1 rings (SSSR count). The number of nitrogens with one attached hydrogen (secondary N) is 1. The highest BCUT2D eigenvalue weighted by Gasteiger charge is 2.16. The first-order valence-electron chi connectivity index (χ1n) is 5.64. The maximum absolute atomic E-state index is 11.8. The van der Waals surface area contributed by atoms with Crippen molar-refractivity contribution < 1.29 is 8.42 Å². The van der Waals surface area contributed by atoms with Crippen molar-refractivity contribution in [2.45, 2.75) is 18.2 Å². The molecule has 98 valence electrons. The zero-order valence-electron chi connectivity index (χ0n) is 10.9. The Labute approximate surface area is 109 Å². The molecule has 0 aromatic heterocycles. The number of anilines is 1. The fourth-order valence-electron chi connectivity index (χ4n) is 1.35. The van der Waals surface area contributed by atoms with Crippen LogP contribution in [0.2, 0.25) is 0 Å². The zero-order valence-corrected chi connectivity index (χ0v) is 11.7. The van der Waals surface area contributed by atoms with Crippen LogP contribution in [-0.2, 0) is 10.0 Å². The summed E-state index contributed by atoms with van der Waals surface area (Å²) in [5, 5.41) is 3.18. The summed E-state index contributed by atoms with van der Waals surface area (Å²) in [6.07, 6.45) is 0.772. The number of nitrogens with zero attached hydrogens (tertiary/aromatic N) is 1. The first-order valence-corrected chi connectivity index (χ1v) is 7.08. The fraction of sp³-hybridized carbons (Fsp3) is 0.385. The van der Waals surface area contributed by atoms with Crippen molar-refractivity contribution in [2.24, 2.45) is 0 Å². The van der Waals surface area contributed by atoms with Gasteiger partial charge in [-0.2, -0.15) is 0 Å². The molecule has 0 spiro atoms. The van der Waals surface area contributed by atoms with Crippen LogP contribution in [0.1, 0.15) is 13.3 Å². The largest absolute Gasteiger partial charge is 0.384 e. The van der Waals surface area contributed by atoms with Gasteiger partial charge in [0.2, 0.25) is 10.0 Å². The van der Waals surface area contributed by atoms with E-state index in [4.69, 9.17) is 0 Å². The lowest BCUT2D eigenvalue weighted by Gasteiger charge is -2.12. The number of rotatable bonds is 5. The van der Waals surface area contributed by atoms with Crippen molar-refractivity contribution in [1.29, 1.82) is 0 Å². The smallest absolute Gasteiger partial charge is 0.242 e. The topological polar surface area (TPSA) is 49.4 Å². The summed E-state index contributed by atoms with van der Waals surface area (Å²) in [5.74, 6) is 5.77. The molecule has 0 fully saturated rings. The lowest BCUT2D eigenvalue weighted by Crippen LogP contribution is -2.22. The van der Waals surface area contributed by atoms with E-state index in [2.05, 4.69) is 17.2 Å². The van der Waals surface area contributed by atoms with Gasteiger partial charge in [-0.25, -0.2) is 12.7 Å². The van der Waals surface area contributed by atoms with Crippen molar-refractivity contribution in [1.82, 2.24) is 4.31 Å². The van der Waals surface area contributed by atoms with Gasteiger partial charge in [0.15, 0.2) is 0 Å². The van der Waals surface area contributed by atoms with Crippen molar-refractivity contribution in [3.05, 3.63) is 24.3 Å². The van der Waals surface area contributed by atoms with E-state index in [0.717, 1.165) is 18.7 Å². The van der Waals surface area contributed by atoms with Crippen LogP contribution in [-0.4, -0.2) is 33.4 Å². The van der Waals surface area contributed by atoms with E-state index < -0.39 is 10.0 Å². The molecule has 18 heavy (non-hydrogen) atoms. The van der Waals surface area contributed by atoms with Gasteiger partial charge in [0.05, 0.1) is 4.90 Å². The molecule has 0 saturated heterocycles. The molecule has 1 aromatic carbocycles. The van der Waals surface area contributed by atoms with Crippen LogP contribution < -0.4 is 5.32 Å². The van der Waals surface area contributed by atoms with E-state index >= 15 is 0 Å². The number of hydrogen-bond acceptors (Lipinski definition) is 3. The molecule has 5 heteroatoms. The highest BCUT2D eigenvalue weighted by molar-refractivity contribution is 7.89. The molecule has 4 nitrogen and oxygen atoms in total. The monoisotopic (exact) mass is 266 g/mol. The van der Waals surface area contributed by atoms with Gasteiger partial charge in [0.1, 0.15) is 0 Å². The van der Waals surface area contributed by atoms with Crippen LogP contribution >= 0.6 is 0 Å². The summed E-state index contributed by atoms with van der Waals surface area (Å²) >= 11 is 0. The normalized spacial score (nSPS) is 10.9. The lowest BCUT2D eigenvalue weighted by molar-refractivity contribution is 0.521. The van der Waals surface area contributed by atoms with E-state index in [1.165, 1.54) is 18.4 Å². The Kier molecular flexibility index (Phi) is 5.20. The second kappa shape index (κ2) is 6.43. The van der Waals surface area contributed by atoms with Crippen LogP contribution in [0, 0.1) is 11.8 Å². The average Bonchev–Trinajstić information content (AvgIpc) is 2.35. The van der Waals surface area contributed by atoms with E-state index in [9.17, 15) is 8.42 Å². The maximum Gasteiger partial charge on any atom is 0.242 e. The minimum atomic E-state index is -3.34. The van der Waals surface area contributed by atoms with Crippen molar-refractivity contribution in [2.75, 3.05) is 26.0 Å². The molecule has 0 heterocycles. The quantitative estimate of drug-likeness (QED) is 0.652. The predicted octanol–water partition coefficient (Wildman–Crippen LogP) is 1.76. The third-order valence-corrected chi connectivity index (χ3v) is 4.22. The molecular weight excluding hydrogens is 248 g/mol. The van der Waals surface area contributed by atoms with Gasteiger partial charge < -0.3 is 5.32 Å². The minimum Gasteiger partial charge on any atom is -0.384 e. The molecule has 0 aliphatic carbocycles. The summed E-state index contributed by atoms with van der Waals surface area (Å²) < 4.78 is 24.9. The Bertz CT molecular complexity index is 537. The number of hydrogen-bond donors (Lipinski definition) is 1. The van der Waals surface area contributed by atoms with Crippen LogP contribution in [0.15, 0.2) is 29.2 Å². The molecule has 0 aliphatic rings. The molecule has 0 aliphatic heterocycles. The standard InChI is InChI=1S/C13H18N2O2S/c1-4-5-6-11-14-12-7-9-13(10-8-12)18(16,17)15(2)3/h7-10,14H,6,11H2,1-3H3. The molecule has 1 N–H and O–H groups in total. The highest BCUT2D eigenvalue weighted by atomic mass is 32.2. The van der Waals surface area contributed by atoms with Crippen LogP contribution in [0.25, 0.3) is 0 Å². The van der Waals surface area contributed by atoms with Gasteiger partial charge in [-0.3, -0.25) is 0 Å². The average molecular weight is 266 g/mol. The Balaban J connectivity index is 2.71.